The number of hydrogen-bond donors (Lipinski definition) is 2. The van der Waals surface area contributed by atoms with E-state index in [2.05, 4.69) is 15.9 Å². The Morgan fingerprint density at radius 1 is 0.761 bits per heavy atom. The Morgan fingerprint density at radius 3 is 1.67 bits per heavy atom. The second kappa shape index (κ2) is 15.2. The van der Waals surface area contributed by atoms with Crippen LogP contribution < -0.4 is 18.9 Å². The average Bonchev–Trinajstić information content (AvgIpc) is 3.65. The van der Waals surface area contributed by atoms with E-state index in [4.69, 9.17) is 29.2 Å². The molecule has 4 rings (SSSR count). The predicted molar refractivity (Wildman–Crippen MR) is 176 cm³/mol. The first-order chi connectivity index (χ1) is 21.9. The largest absolute Gasteiger partial charge is 0.493 e. The number of fused-ring (bicyclic) bond motifs is 2. The van der Waals surface area contributed by atoms with Gasteiger partial charge < -0.3 is 29.2 Å². The van der Waals surface area contributed by atoms with Crippen molar-refractivity contribution in [3.05, 3.63) is 44.3 Å². The number of halogens is 2. The Bertz CT molecular complexity index is 1670. The second-order valence-corrected chi connectivity index (χ2v) is 13.6. The molecule has 0 fully saturated rings. The average molecular weight is 740 g/mol. The number of carboxylic acids is 2. The summed E-state index contributed by atoms with van der Waals surface area (Å²) >= 11 is 5.89. The van der Waals surface area contributed by atoms with Crippen LogP contribution in [-0.4, -0.2) is 61.2 Å². The fourth-order valence-corrected chi connectivity index (χ4v) is 7.38. The summed E-state index contributed by atoms with van der Waals surface area (Å²) in [6, 6.07) is 6.48. The monoisotopic (exact) mass is 738 g/mol. The van der Waals surface area contributed by atoms with E-state index in [0.717, 1.165) is 21.4 Å². The van der Waals surface area contributed by atoms with E-state index in [1.165, 1.54) is 45.5 Å². The van der Waals surface area contributed by atoms with Crippen molar-refractivity contribution >= 4 is 82.3 Å². The first-order valence-electron chi connectivity index (χ1n) is 14.2. The number of aliphatic carboxylic acids is 2. The molecule has 0 saturated carbocycles. The molecule has 46 heavy (non-hydrogen) atoms. The molecule has 14 heteroatoms. The Kier molecular flexibility index (Phi) is 11.6. The van der Waals surface area contributed by atoms with Crippen LogP contribution in [0.1, 0.15) is 58.9 Å². The highest BCUT2D eigenvalue weighted by molar-refractivity contribution is 9.10. The van der Waals surface area contributed by atoms with E-state index in [-0.39, 0.29) is 59.4 Å². The Labute approximate surface area is 280 Å². The Balaban J connectivity index is 1.39. The second-order valence-electron chi connectivity index (χ2n) is 10.6. The minimum absolute atomic E-state index is 0.0814. The van der Waals surface area contributed by atoms with E-state index in [1.807, 2.05) is 0 Å². The van der Waals surface area contributed by atoms with Gasteiger partial charge in [-0.1, -0.05) is 13.8 Å². The van der Waals surface area contributed by atoms with Crippen LogP contribution in [0.5, 0.6) is 23.0 Å². The van der Waals surface area contributed by atoms with Crippen LogP contribution in [0.15, 0.2) is 28.7 Å². The van der Waals surface area contributed by atoms with Crippen LogP contribution in [0.25, 0.3) is 20.2 Å². The highest BCUT2D eigenvalue weighted by Crippen LogP contribution is 2.45. The molecule has 0 aliphatic rings. The molecule has 10 nitrogen and oxygen atoms in total. The number of rotatable bonds is 17. The van der Waals surface area contributed by atoms with Crippen molar-refractivity contribution in [2.24, 2.45) is 11.8 Å². The van der Waals surface area contributed by atoms with Crippen molar-refractivity contribution in [3.8, 4) is 23.0 Å². The zero-order valence-corrected chi connectivity index (χ0v) is 28.7. The third kappa shape index (κ3) is 7.78. The molecule has 2 aromatic carbocycles. The van der Waals surface area contributed by atoms with Gasteiger partial charge in [-0.2, -0.15) is 0 Å². The zero-order valence-electron chi connectivity index (χ0n) is 25.4. The summed E-state index contributed by atoms with van der Waals surface area (Å²) in [4.78, 5) is 48.2. The number of hydrogen-bond acceptors (Lipinski definition) is 10. The number of thiophene rings is 2. The third-order valence-corrected chi connectivity index (χ3v) is 10.2. The van der Waals surface area contributed by atoms with Gasteiger partial charge in [0.15, 0.2) is 40.4 Å². The van der Waals surface area contributed by atoms with Crippen molar-refractivity contribution in [2.45, 2.75) is 39.5 Å². The minimum Gasteiger partial charge on any atom is -0.493 e. The molecular formula is C32H32BrFO10S2. The summed E-state index contributed by atoms with van der Waals surface area (Å²) in [5.74, 6) is -4.05. The van der Waals surface area contributed by atoms with E-state index in [0.29, 0.717) is 38.4 Å². The van der Waals surface area contributed by atoms with Crippen LogP contribution in [0.3, 0.4) is 0 Å². The summed E-state index contributed by atoms with van der Waals surface area (Å²) in [6.45, 7) is 3.36. The molecule has 0 bridgehead atoms. The van der Waals surface area contributed by atoms with Gasteiger partial charge in [0.25, 0.3) is 0 Å². The number of benzene rings is 2. The summed E-state index contributed by atoms with van der Waals surface area (Å²) in [6.07, 6.45) is 0.750. The van der Waals surface area contributed by atoms with Crippen LogP contribution in [-0.2, 0) is 9.59 Å². The number of carbonyl (C=O) groups is 4. The molecule has 4 aromatic rings. The van der Waals surface area contributed by atoms with Gasteiger partial charge in [-0.05, 0) is 40.9 Å². The van der Waals surface area contributed by atoms with Gasteiger partial charge in [0.1, 0.15) is 0 Å². The number of unbranched alkanes of at least 4 members (excludes halogenated alkanes) is 1. The maximum Gasteiger partial charge on any atom is 0.306 e. The quantitative estimate of drug-likeness (QED) is 0.0811. The predicted octanol–water partition coefficient (Wildman–Crippen LogP) is 7.86. The molecule has 0 aliphatic carbocycles. The van der Waals surface area contributed by atoms with E-state index in [9.17, 15) is 19.2 Å². The molecule has 246 valence electrons. The minimum atomic E-state index is -1.08. The molecule has 2 heterocycles. The number of carboxylic acid groups (broad SMARTS) is 2. The summed E-state index contributed by atoms with van der Waals surface area (Å²) in [7, 11) is 2.89. The van der Waals surface area contributed by atoms with E-state index >= 15 is 4.39 Å². The van der Waals surface area contributed by atoms with Gasteiger partial charge >= 0.3 is 11.9 Å². The highest BCUT2D eigenvalue weighted by atomic mass is 79.9. The maximum absolute atomic E-state index is 15.5. The third-order valence-electron chi connectivity index (χ3n) is 7.21. The van der Waals surface area contributed by atoms with Gasteiger partial charge in [-0.3, -0.25) is 19.2 Å². The molecular weight excluding hydrogens is 707 g/mol. The first kappa shape index (κ1) is 35.1. The molecule has 0 amide bonds. The van der Waals surface area contributed by atoms with Gasteiger partial charge in [0.05, 0.1) is 53.5 Å². The molecule has 2 N–H and O–H groups in total. The molecule has 0 aliphatic heterocycles. The maximum atomic E-state index is 15.5. The van der Waals surface area contributed by atoms with Crippen LogP contribution in [0.4, 0.5) is 4.39 Å². The number of ketones is 2. The molecule has 0 unspecified atom stereocenters. The topological polar surface area (TPSA) is 146 Å². The summed E-state index contributed by atoms with van der Waals surface area (Å²) in [5.41, 5.74) is 0. The van der Waals surface area contributed by atoms with Crippen molar-refractivity contribution in [1.29, 1.82) is 0 Å². The van der Waals surface area contributed by atoms with Crippen molar-refractivity contribution in [2.75, 3.05) is 27.4 Å². The van der Waals surface area contributed by atoms with Crippen LogP contribution >= 0.6 is 38.6 Å². The molecule has 0 radical (unpaired) electrons. The van der Waals surface area contributed by atoms with Gasteiger partial charge in [0.2, 0.25) is 0 Å². The zero-order chi connectivity index (χ0) is 33.7. The first-order valence-corrected chi connectivity index (χ1v) is 16.7. The van der Waals surface area contributed by atoms with Crippen LogP contribution in [0, 0.1) is 17.7 Å². The van der Waals surface area contributed by atoms with Crippen molar-refractivity contribution in [1.82, 2.24) is 0 Å². The summed E-state index contributed by atoms with van der Waals surface area (Å²) < 4.78 is 40.0. The van der Waals surface area contributed by atoms with Gasteiger partial charge in [0, 0.05) is 45.1 Å². The highest BCUT2D eigenvalue weighted by Gasteiger charge is 2.24. The lowest BCUT2D eigenvalue weighted by Gasteiger charge is -2.14. The molecule has 2 aromatic heterocycles. The number of carbonyl (C=O) groups excluding carboxylic acids is 2. The lowest BCUT2D eigenvalue weighted by atomic mass is 10.0. The Morgan fingerprint density at radius 2 is 1.20 bits per heavy atom. The smallest absolute Gasteiger partial charge is 0.306 e. The normalized spacial score (nSPS) is 12.6. The number of methoxy groups -OCH3 is 2. The van der Waals surface area contributed by atoms with E-state index in [1.54, 1.807) is 18.2 Å². The lowest BCUT2D eigenvalue weighted by molar-refractivity contribution is -0.141. The SMILES string of the molecule is COc1cc2sc(C(=O)C[C@H](C)C(=O)O)cc2c(F)c1OCCCCOc1c(OC)cc2sc(C(=O)C[C@H](C)C(=O)O)cc2c1Br. The van der Waals surface area contributed by atoms with Crippen molar-refractivity contribution < 1.29 is 52.7 Å². The fourth-order valence-electron chi connectivity index (χ4n) is 4.53. The Hall–Kier alpha value is -3.75. The molecule has 0 saturated heterocycles. The summed E-state index contributed by atoms with van der Waals surface area (Å²) in [5, 5.41) is 19.2. The van der Waals surface area contributed by atoms with Gasteiger partial charge in [-0.25, -0.2) is 4.39 Å². The standard InChI is InChI=1S/C32H32BrFO10S2/c1-15(31(37)38)9-19(35)25-11-17-23(45-25)13-21(41-3)29(27(17)33)43-7-5-6-8-44-30-22(42-4)14-24-18(28(30)34)12-26(46-24)20(36)10-16(2)32(39)40/h11-16H,5-10H2,1-4H3,(H,37,38)(H,39,40)/t15-,16-/m0/s1. The van der Waals surface area contributed by atoms with E-state index < -0.39 is 29.6 Å². The van der Waals surface area contributed by atoms with Gasteiger partial charge in [-0.15, -0.1) is 22.7 Å². The number of Topliss-reactive ketones (excluding diaryl/α,β-unsaturated/α-hetero) is 2. The molecule has 0 spiro atoms. The number of ether oxygens (including phenoxy) is 4. The fraction of sp³-hybridized carbons (Fsp3) is 0.375. The van der Waals surface area contributed by atoms with Crippen LogP contribution in [0.2, 0.25) is 0 Å². The van der Waals surface area contributed by atoms with Crippen molar-refractivity contribution in [3.63, 3.8) is 0 Å². The molecule has 2 atom stereocenters. The lowest BCUT2D eigenvalue weighted by Crippen LogP contribution is -2.13.